The van der Waals surface area contributed by atoms with Crippen molar-refractivity contribution in [1.82, 2.24) is 20.2 Å². The topological polar surface area (TPSA) is 123 Å². The highest BCUT2D eigenvalue weighted by molar-refractivity contribution is 5.98. The standard InChI is InChI=1S/C21H28N4O5/c1-13(20(28)29)23-19(27)17(21(2,3)4)24-18(26)14-6-8-15(9-7-14)30-12-16-22-10-11-25(16)5/h6-11,13,17H,12H2,1-5H3,(H,23,27)(H,24,26)(H,28,29). The van der Waals surface area contributed by atoms with Crippen molar-refractivity contribution >= 4 is 17.8 Å². The van der Waals surface area contributed by atoms with Crippen LogP contribution in [0.3, 0.4) is 0 Å². The Labute approximate surface area is 175 Å². The lowest BCUT2D eigenvalue weighted by Crippen LogP contribution is -2.56. The van der Waals surface area contributed by atoms with Crippen LogP contribution in [0, 0.1) is 5.41 Å². The van der Waals surface area contributed by atoms with Crippen LogP contribution in [0.4, 0.5) is 0 Å². The molecule has 1 heterocycles. The van der Waals surface area contributed by atoms with E-state index < -0.39 is 35.3 Å². The van der Waals surface area contributed by atoms with Gasteiger partial charge in [-0.3, -0.25) is 14.4 Å². The number of aliphatic carboxylic acids is 1. The lowest BCUT2D eigenvalue weighted by Gasteiger charge is -2.31. The van der Waals surface area contributed by atoms with Crippen molar-refractivity contribution in [2.24, 2.45) is 12.5 Å². The fraction of sp³-hybridized carbons (Fsp3) is 0.429. The molecule has 0 aliphatic rings. The average molecular weight is 416 g/mol. The number of aromatic nitrogens is 2. The second-order valence-electron chi connectivity index (χ2n) is 8.11. The Morgan fingerprint density at radius 3 is 2.30 bits per heavy atom. The first-order valence-corrected chi connectivity index (χ1v) is 9.52. The maximum atomic E-state index is 12.7. The van der Waals surface area contributed by atoms with Crippen molar-refractivity contribution in [3.8, 4) is 5.75 Å². The molecular formula is C21H28N4O5. The molecular weight excluding hydrogens is 388 g/mol. The number of amides is 2. The molecule has 1 aromatic heterocycles. The van der Waals surface area contributed by atoms with Gasteiger partial charge in [-0.05, 0) is 36.6 Å². The zero-order chi connectivity index (χ0) is 22.5. The fourth-order valence-corrected chi connectivity index (χ4v) is 2.63. The molecule has 0 radical (unpaired) electrons. The molecule has 3 N–H and O–H groups in total. The van der Waals surface area contributed by atoms with Crippen molar-refractivity contribution in [1.29, 1.82) is 0 Å². The zero-order valence-corrected chi connectivity index (χ0v) is 17.8. The summed E-state index contributed by atoms with van der Waals surface area (Å²) in [6.07, 6.45) is 3.51. The lowest BCUT2D eigenvalue weighted by molar-refractivity contribution is -0.142. The molecule has 0 bridgehead atoms. The monoisotopic (exact) mass is 416 g/mol. The number of carboxylic acids is 1. The summed E-state index contributed by atoms with van der Waals surface area (Å²) in [5, 5.41) is 14.1. The van der Waals surface area contributed by atoms with Gasteiger partial charge >= 0.3 is 5.97 Å². The zero-order valence-electron chi connectivity index (χ0n) is 17.8. The first-order chi connectivity index (χ1) is 14.0. The molecule has 0 spiro atoms. The molecule has 1 aromatic carbocycles. The lowest BCUT2D eigenvalue weighted by atomic mass is 9.85. The first-order valence-electron chi connectivity index (χ1n) is 9.52. The highest BCUT2D eigenvalue weighted by atomic mass is 16.5. The molecule has 162 valence electrons. The van der Waals surface area contributed by atoms with E-state index in [-0.39, 0.29) is 0 Å². The van der Waals surface area contributed by atoms with E-state index in [0.29, 0.717) is 17.9 Å². The molecule has 2 rings (SSSR count). The van der Waals surface area contributed by atoms with Crippen LogP contribution in [0.5, 0.6) is 5.75 Å². The molecule has 2 amide bonds. The van der Waals surface area contributed by atoms with Crippen molar-refractivity contribution in [3.63, 3.8) is 0 Å². The number of nitrogens with one attached hydrogen (secondary N) is 2. The van der Waals surface area contributed by atoms with Crippen LogP contribution in [0.25, 0.3) is 0 Å². The van der Waals surface area contributed by atoms with E-state index in [1.54, 1.807) is 51.2 Å². The maximum Gasteiger partial charge on any atom is 0.325 e. The van der Waals surface area contributed by atoms with Gasteiger partial charge in [0.05, 0.1) is 0 Å². The van der Waals surface area contributed by atoms with Crippen LogP contribution >= 0.6 is 0 Å². The number of hydrogen-bond donors (Lipinski definition) is 3. The first kappa shape index (κ1) is 22.9. The second-order valence-corrected chi connectivity index (χ2v) is 8.11. The number of imidazole rings is 1. The van der Waals surface area contributed by atoms with Crippen molar-refractivity contribution in [3.05, 3.63) is 48.0 Å². The summed E-state index contributed by atoms with van der Waals surface area (Å²) < 4.78 is 7.52. The number of ether oxygens (including phenoxy) is 1. The molecule has 2 unspecified atom stereocenters. The summed E-state index contributed by atoms with van der Waals surface area (Å²) in [6.45, 7) is 7.03. The van der Waals surface area contributed by atoms with E-state index in [1.165, 1.54) is 6.92 Å². The summed E-state index contributed by atoms with van der Waals surface area (Å²) in [6, 6.07) is 4.55. The van der Waals surface area contributed by atoms with Gasteiger partial charge in [0.15, 0.2) is 0 Å². The third-order valence-corrected chi connectivity index (χ3v) is 4.54. The molecule has 2 aromatic rings. The minimum absolute atomic E-state index is 0.295. The molecule has 0 aliphatic heterocycles. The van der Waals surface area contributed by atoms with Crippen molar-refractivity contribution in [2.75, 3.05) is 0 Å². The van der Waals surface area contributed by atoms with E-state index in [2.05, 4.69) is 15.6 Å². The molecule has 0 aliphatic carbocycles. The Bertz CT molecular complexity index is 899. The predicted molar refractivity (Wildman–Crippen MR) is 110 cm³/mol. The normalized spacial score (nSPS) is 13.2. The summed E-state index contributed by atoms with van der Waals surface area (Å²) in [4.78, 5) is 40.4. The van der Waals surface area contributed by atoms with E-state index >= 15 is 0 Å². The minimum Gasteiger partial charge on any atom is -0.486 e. The summed E-state index contributed by atoms with van der Waals surface area (Å²) >= 11 is 0. The van der Waals surface area contributed by atoms with Gasteiger partial charge in [0.1, 0.15) is 30.3 Å². The van der Waals surface area contributed by atoms with Crippen molar-refractivity contribution in [2.45, 2.75) is 46.4 Å². The Balaban J connectivity index is 2.03. The summed E-state index contributed by atoms with van der Waals surface area (Å²) in [5.74, 6) is -0.797. The SMILES string of the molecule is CC(NC(=O)C(NC(=O)c1ccc(OCc2nccn2C)cc1)C(C)(C)C)C(=O)O. The third-order valence-electron chi connectivity index (χ3n) is 4.54. The Morgan fingerprint density at radius 2 is 1.80 bits per heavy atom. The van der Waals surface area contributed by atoms with Gasteiger partial charge in [-0.25, -0.2) is 4.98 Å². The molecule has 9 nitrogen and oxygen atoms in total. The molecule has 0 saturated carbocycles. The Morgan fingerprint density at radius 1 is 1.17 bits per heavy atom. The smallest absolute Gasteiger partial charge is 0.325 e. The number of benzene rings is 1. The van der Waals surface area contributed by atoms with Gasteiger partial charge in [0.2, 0.25) is 5.91 Å². The largest absolute Gasteiger partial charge is 0.486 e. The quantitative estimate of drug-likeness (QED) is 0.602. The fourth-order valence-electron chi connectivity index (χ4n) is 2.63. The number of aryl methyl sites for hydroxylation is 1. The third kappa shape index (κ3) is 6.07. The second kappa shape index (κ2) is 9.43. The number of carbonyl (C=O) groups is 3. The van der Waals surface area contributed by atoms with Crippen LogP contribution in [0.15, 0.2) is 36.7 Å². The number of hydrogen-bond acceptors (Lipinski definition) is 5. The number of nitrogens with zero attached hydrogens (tertiary/aromatic N) is 2. The van der Waals surface area contributed by atoms with Gasteiger partial charge in [-0.1, -0.05) is 20.8 Å². The van der Waals surface area contributed by atoms with Crippen LogP contribution in [0.1, 0.15) is 43.9 Å². The van der Waals surface area contributed by atoms with E-state index in [4.69, 9.17) is 9.84 Å². The number of rotatable bonds is 8. The Kier molecular flexibility index (Phi) is 7.20. The highest BCUT2D eigenvalue weighted by Crippen LogP contribution is 2.21. The van der Waals surface area contributed by atoms with E-state index in [1.807, 2.05) is 17.8 Å². The molecule has 9 heteroatoms. The molecule has 30 heavy (non-hydrogen) atoms. The number of carboxylic acid groups (broad SMARTS) is 1. The highest BCUT2D eigenvalue weighted by Gasteiger charge is 2.34. The van der Waals surface area contributed by atoms with Crippen LogP contribution < -0.4 is 15.4 Å². The average Bonchev–Trinajstić information content (AvgIpc) is 3.08. The maximum absolute atomic E-state index is 12.7. The van der Waals surface area contributed by atoms with Crippen molar-refractivity contribution < 1.29 is 24.2 Å². The van der Waals surface area contributed by atoms with Gasteiger partial charge < -0.3 is 25.0 Å². The molecule has 0 fully saturated rings. The predicted octanol–water partition coefficient (Wildman–Crippen LogP) is 1.73. The van der Waals surface area contributed by atoms with Gasteiger partial charge in [0.25, 0.3) is 5.91 Å². The van der Waals surface area contributed by atoms with Gasteiger partial charge in [0, 0.05) is 25.0 Å². The van der Waals surface area contributed by atoms with E-state index in [9.17, 15) is 14.4 Å². The van der Waals surface area contributed by atoms with Crippen LogP contribution in [0.2, 0.25) is 0 Å². The van der Waals surface area contributed by atoms with Gasteiger partial charge in [-0.15, -0.1) is 0 Å². The minimum atomic E-state index is -1.15. The summed E-state index contributed by atoms with van der Waals surface area (Å²) in [5.41, 5.74) is -0.268. The van der Waals surface area contributed by atoms with Crippen LogP contribution in [-0.2, 0) is 23.2 Å². The Hall–Kier alpha value is -3.36. The van der Waals surface area contributed by atoms with Crippen LogP contribution in [-0.4, -0.2) is 44.5 Å². The molecule has 2 atom stereocenters. The summed E-state index contributed by atoms with van der Waals surface area (Å²) in [7, 11) is 1.87. The molecule has 0 saturated heterocycles. The number of carbonyl (C=O) groups excluding carboxylic acids is 2. The van der Waals surface area contributed by atoms with E-state index in [0.717, 1.165) is 5.82 Å². The van der Waals surface area contributed by atoms with Gasteiger partial charge in [-0.2, -0.15) is 0 Å².